The summed E-state index contributed by atoms with van der Waals surface area (Å²) < 4.78 is 1.81. The van der Waals surface area contributed by atoms with Crippen molar-refractivity contribution in [3.05, 3.63) is 50.2 Å². The Morgan fingerprint density at radius 3 is 2.50 bits per heavy atom. The first kappa shape index (κ1) is 15.6. The molecule has 1 aromatic carbocycles. The molecule has 1 aromatic heterocycles. The summed E-state index contributed by atoms with van der Waals surface area (Å²) in [5.41, 5.74) is 2.81. The second-order valence-corrected chi connectivity index (χ2v) is 5.90. The molecule has 0 bridgehead atoms. The van der Waals surface area contributed by atoms with Crippen LogP contribution in [-0.4, -0.2) is 16.8 Å². The molecule has 20 heavy (non-hydrogen) atoms. The highest BCUT2D eigenvalue weighted by Crippen LogP contribution is 2.30. The van der Waals surface area contributed by atoms with Gasteiger partial charge in [0.1, 0.15) is 0 Å². The van der Waals surface area contributed by atoms with Gasteiger partial charge in [-0.15, -0.1) is 0 Å². The summed E-state index contributed by atoms with van der Waals surface area (Å²) in [5.74, 6) is 0. The quantitative estimate of drug-likeness (QED) is 0.909. The van der Waals surface area contributed by atoms with E-state index in [-0.39, 0.29) is 6.04 Å². The van der Waals surface area contributed by atoms with Crippen molar-refractivity contribution in [3.63, 3.8) is 0 Å². The van der Waals surface area contributed by atoms with Gasteiger partial charge in [0.15, 0.2) is 0 Å². The van der Waals surface area contributed by atoms with Crippen LogP contribution in [0, 0.1) is 6.92 Å². The molecule has 0 saturated carbocycles. The summed E-state index contributed by atoms with van der Waals surface area (Å²) in [4.78, 5) is 0. The number of nitrogens with one attached hydrogen (secondary N) is 1. The lowest BCUT2D eigenvalue weighted by atomic mass is 10.0. The largest absolute Gasteiger partial charge is 0.313 e. The number of halogens is 3. The second-order valence-electron chi connectivity index (χ2n) is 4.68. The molecule has 0 aliphatic rings. The molecule has 2 rings (SSSR count). The predicted octanol–water partition coefficient (Wildman–Crippen LogP) is 4.19. The van der Waals surface area contributed by atoms with Crippen LogP contribution in [0.15, 0.2) is 18.2 Å². The third kappa shape index (κ3) is 3.12. The average Bonchev–Trinajstić information content (AvgIpc) is 2.62. The normalized spacial score (nSPS) is 12.7. The van der Waals surface area contributed by atoms with Crippen LogP contribution in [-0.2, 0) is 13.5 Å². The van der Waals surface area contributed by atoms with Crippen LogP contribution in [0.25, 0.3) is 0 Å². The summed E-state index contributed by atoms with van der Waals surface area (Å²) in [6.07, 6.45) is 0.702. The van der Waals surface area contributed by atoms with Crippen LogP contribution in [0.5, 0.6) is 0 Å². The number of likely N-dealkylation sites (N-methyl/N-ethyl adjacent to an activating group) is 1. The van der Waals surface area contributed by atoms with E-state index in [1.54, 1.807) is 6.07 Å². The number of hydrogen-bond acceptors (Lipinski definition) is 2. The summed E-state index contributed by atoms with van der Waals surface area (Å²) in [5, 5.41) is 9.57. The molecule has 0 amide bonds. The van der Waals surface area contributed by atoms with E-state index in [4.69, 9.17) is 34.8 Å². The minimum atomic E-state index is 0.0482. The Balaban J connectivity index is 2.33. The summed E-state index contributed by atoms with van der Waals surface area (Å²) in [6.45, 7) is 1.90. The van der Waals surface area contributed by atoms with E-state index in [1.807, 2.05) is 37.8 Å². The van der Waals surface area contributed by atoms with Gasteiger partial charge in [-0.3, -0.25) is 4.68 Å². The Bertz CT molecular complexity index is 622. The lowest BCUT2D eigenvalue weighted by molar-refractivity contribution is 0.561. The fourth-order valence-corrected chi connectivity index (χ4v) is 3.02. The van der Waals surface area contributed by atoms with Gasteiger partial charge in [0.05, 0.1) is 16.4 Å². The van der Waals surface area contributed by atoms with Gasteiger partial charge in [0.25, 0.3) is 0 Å². The second kappa shape index (κ2) is 6.35. The first-order chi connectivity index (χ1) is 9.43. The van der Waals surface area contributed by atoms with Crippen LogP contribution in [0.1, 0.15) is 23.0 Å². The summed E-state index contributed by atoms with van der Waals surface area (Å²) >= 11 is 18.5. The van der Waals surface area contributed by atoms with Gasteiger partial charge < -0.3 is 5.32 Å². The summed E-state index contributed by atoms with van der Waals surface area (Å²) in [6, 6.07) is 5.57. The molecule has 1 unspecified atom stereocenters. The van der Waals surface area contributed by atoms with E-state index < -0.39 is 0 Å². The topological polar surface area (TPSA) is 29.9 Å². The summed E-state index contributed by atoms with van der Waals surface area (Å²) in [7, 11) is 3.79. The minimum absolute atomic E-state index is 0.0482. The SMILES string of the molecule is CNC(Cc1c(Cl)c(C)nn1C)c1ccc(Cl)cc1Cl. The van der Waals surface area contributed by atoms with Crippen molar-refractivity contribution in [2.45, 2.75) is 19.4 Å². The molecule has 1 atom stereocenters. The van der Waals surface area contributed by atoms with Crippen molar-refractivity contribution in [1.29, 1.82) is 0 Å². The molecule has 1 heterocycles. The van der Waals surface area contributed by atoms with Crippen LogP contribution in [0.3, 0.4) is 0 Å². The van der Waals surface area contributed by atoms with Gasteiger partial charge in [0, 0.05) is 29.6 Å². The van der Waals surface area contributed by atoms with Gasteiger partial charge in [-0.05, 0) is 31.7 Å². The van der Waals surface area contributed by atoms with Crippen LogP contribution in [0.2, 0.25) is 15.1 Å². The Kier molecular flexibility index (Phi) is 4.97. The first-order valence-corrected chi connectivity index (χ1v) is 7.37. The molecule has 0 radical (unpaired) electrons. The maximum Gasteiger partial charge on any atom is 0.0847 e. The van der Waals surface area contributed by atoms with Crippen LogP contribution < -0.4 is 5.32 Å². The molecular formula is C14H16Cl3N3. The van der Waals surface area contributed by atoms with Gasteiger partial charge in [0.2, 0.25) is 0 Å². The zero-order valence-electron chi connectivity index (χ0n) is 11.5. The molecule has 0 spiro atoms. The number of benzene rings is 1. The monoisotopic (exact) mass is 331 g/mol. The Morgan fingerprint density at radius 2 is 2.00 bits per heavy atom. The Morgan fingerprint density at radius 1 is 1.30 bits per heavy atom. The number of aromatic nitrogens is 2. The molecule has 0 aliphatic heterocycles. The van der Waals surface area contributed by atoms with Gasteiger partial charge in [-0.25, -0.2) is 0 Å². The highest BCUT2D eigenvalue weighted by Gasteiger charge is 2.19. The molecule has 6 heteroatoms. The third-order valence-corrected chi connectivity index (χ3v) is 4.40. The lowest BCUT2D eigenvalue weighted by Gasteiger charge is -2.18. The molecular weight excluding hydrogens is 317 g/mol. The van der Waals surface area contributed by atoms with Crippen LogP contribution in [0.4, 0.5) is 0 Å². The van der Waals surface area contributed by atoms with Gasteiger partial charge >= 0.3 is 0 Å². The van der Waals surface area contributed by atoms with E-state index in [0.717, 1.165) is 17.0 Å². The molecule has 0 fully saturated rings. The molecule has 0 aliphatic carbocycles. The van der Waals surface area contributed by atoms with Gasteiger partial charge in [-0.2, -0.15) is 5.10 Å². The smallest absolute Gasteiger partial charge is 0.0847 e. The number of rotatable bonds is 4. The maximum atomic E-state index is 6.30. The molecule has 1 N–H and O–H groups in total. The third-order valence-electron chi connectivity index (χ3n) is 3.35. The molecule has 2 aromatic rings. The lowest BCUT2D eigenvalue weighted by Crippen LogP contribution is -2.20. The zero-order chi connectivity index (χ0) is 14.9. The van der Waals surface area contributed by atoms with E-state index >= 15 is 0 Å². The highest BCUT2D eigenvalue weighted by molar-refractivity contribution is 6.35. The predicted molar refractivity (Wildman–Crippen MR) is 84.9 cm³/mol. The van der Waals surface area contributed by atoms with Gasteiger partial charge in [-0.1, -0.05) is 40.9 Å². The number of nitrogens with zero attached hydrogens (tertiary/aromatic N) is 2. The van der Waals surface area contributed by atoms with Crippen molar-refractivity contribution >= 4 is 34.8 Å². The van der Waals surface area contributed by atoms with E-state index in [1.165, 1.54) is 0 Å². The molecule has 3 nitrogen and oxygen atoms in total. The van der Waals surface area contributed by atoms with Crippen molar-refractivity contribution in [1.82, 2.24) is 15.1 Å². The first-order valence-electron chi connectivity index (χ1n) is 6.24. The Hall–Kier alpha value is -0.740. The molecule has 108 valence electrons. The maximum absolute atomic E-state index is 6.30. The standard InChI is InChI=1S/C14H16Cl3N3/c1-8-14(17)13(20(3)19-8)7-12(18-2)10-5-4-9(15)6-11(10)16/h4-6,12,18H,7H2,1-3H3. The highest BCUT2D eigenvalue weighted by atomic mass is 35.5. The van der Waals surface area contributed by atoms with Crippen molar-refractivity contribution in [2.75, 3.05) is 7.05 Å². The van der Waals surface area contributed by atoms with E-state index in [2.05, 4.69) is 10.4 Å². The zero-order valence-corrected chi connectivity index (χ0v) is 13.8. The van der Waals surface area contributed by atoms with Crippen molar-refractivity contribution < 1.29 is 0 Å². The average molecular weight is 333 g/mol. The fraction of sp³-hybridized carbons (Fsp3) is 0.357. The fourth-order valence-electron chi connectivity index (χ4n) is 2.25. The van der Waals surface area contributed by atoms with Crippen LogP contribution >= 0.6 is 34.8 Å². The van der Waals surface area contributed by atoms with E-state index in [9.17, 15) is 0 Å². The number of aryl methyl sites for hydroxylation is 2. The Labute approximate surface area is 133 Å². The molecule has 0 saturated heterocycles. The van der Waals surface area contributed by atoms with E-state index in [0.29, 0.717) is 21.5 Å². The minimum Gasteiger partial charge on any atom is -0.313 e. The number of hydrogen-bond donors (Lipinski definition) is 1. The van der Waals surface area contributed by atoms with Crippen molar-refractivity contribution in [2.24, 2.45) is 7.05 Å². The van der Waals surface area contributed by atoms with Crippen molar-refractivity contribution in [3.8, 4) is 0 Å².